The van der Waals surface area contributed by atoms with Gasteiger partial charge in [0.25, 0.3) is 0 Å². The Morgan fingerprint density at radius 2 is 0.526 bits per heavy atom. The molecule has 0 fully saturated rings. The molecule has 3 N–H and O–H groups in total. The van der Waals surface area contributed by atoms with Crippen molar-refractivity contribution >= 4 is 39.5 Å². The first-order chi connectivity index (χ1) is 46.8. The highest BCUT2D eigenvalue weighted by Gasteiger charge is 2.30. The molecule has 0 aliphatic heterocycles. The molecule has 0 spiro atoms. The Bertz CT molecular complexity index is 1890. The van der Waals surface area contributed by atoms with Gasteiger partial charge in [-0.15, -0.1) is 0 Å². The summed E-state index contributed by atoms with van der Waals surface area (Å²) < 4.78 is 68.6. The molecular formula is C78H152O17P2. The van der Waals surface area contributed by atoms with Crippen LogP contribution in [-0.2, 0) is 65.4 Å². The number of phosphoric acid groups is 2. The van der Waals surface area contributed by atoms with Gasteiger partial charge in [-0.25, -0.2) is 9.13 Å². The van der Waals surface area contributed by atoms with Crippen LogP contribution in [0.2, 0.25) is 0 Å². The molecule has 97 heavy (non-hydrogen) atoms. The lowest BCUT2D eigenvalue weighted by Crippen LogP contribution is -2.30. The molecule has 0 heterocycles. The zero-order valence-electron chi connectivity index (χ0n) is 63.5. The molecular weight excluding hydrogens is 1270 g/mol. The van der Waals surface area contributed by atoms with Crippen molar-refractivity contribution in [3.05, 3.63) is 0 Å². The minimum absolute atomic E-state index is 0.104. The number of aliphatic hydroxyl groups excluding tert-OH is 1. The van der Waals surface area contributed by atoms with Gasteiger partial charge in [-0.05, 0) is 43.4 Å². The molecule has 0 saturated heterocycles. The SMILES string of the molecule is CCCCCCCCCCCCCCCCCCCCCCC(=O)O[C@H](COC(=O)CCCCCCCCCCCCCCC(C)C)COP(=O)(O)OC[C@@H](O)COP(=O)(O)OC[C@@H](COC(=O)CCCCCCCCC(C)CC)OC(=O)CCCCCCCCCCCC(C)C. The van der Waals surface area contributed by atoms with Crippen LogP contribution in [0.3, 0.4) is 0 Å². The number of carbonyl (C=O) groups excluding carboxylic acids is 4. The normalized spacial score (nSPS) is 14.3. The number of ether oxygens (including phenoxy) is 4. The van der Waals surface area contributed by atoms with Crippen molar-refractivity contribution in [2.75, 3.05) is 39.6 Å². The second-order valence-corrected chi connectivity index (χ2v) is 32.2. The van der Waals surface area contributed by atoms with Crippen LogP contribution in [0.1, 0.15) is 402 Å². The van der Waals surface area contributed by atoms with Gasteiger partial charge < -0.3 is 33.8 Å². The summed E-state index contributed by atoms with van der Waals surface area (Å²) in [5, 5.41) is 10.6. The van der Waals surface area contributed by atoms with Crippen LogP contribution in [0.4, 0.5) is 0 Å². The molecule has 19 heteroatoms. The minimum atomic E-state index is -4.96. The monoisotopic (exact) mass is 1420 g/mol. The first-order valence-electron chi connectivity index (χ1n) is 40.4. The van der Waals surface area contributed by atoms with Gasteiger partial charge >= 0.3 is 39.5 Å². The van der Waals surface area contributed by atoms with E-state index in [4.69, 9.17) is 37.0 Å². The average Bonchev–Trinajstić information content (AvgIpc) is 0.985. The van der Waals surface area contributed by atoms with Crippen molar-refractivity contribution in [2.45, 2.75) is 420 Å². The minimum Gasteiger partial charge on any atom is -0.462 e. The van der Waals surface area contributed by atoms with Crippen molar-refractivity contribution in [3.63, 3.8) is 0 Å². The van der Waals surface area contributed by atoms with Crippen LogP contribution in [0.25, 0.3) is 0 Å². The van der Waals surface area contributed by atoms with Gasteiger partial charge in [0.05, 0.1) is 26.4 Å². The molecule has 0 aromatic carbocycles. The number of hydrogen-bond donors (Lipinski definition) is 3. The third-order valence-corrected chi connectivity index (χ3v) is 20.4. The van der Waals surface area contributed by atoms with E-state index in [0.717, 1.165) is 114 Å². The standard InChI is InChI=1S/C78H152O17P2/c1-8-10-11-12-13-14-15-16-17-18-19-20-21-22-23-28-33-38-47-54-61-77(82)94-73(65-88-75(80)59-52-45-37-32-27-25-24-26-30-35-42-49-56-69(3)4)67-92-96(84,85)90-63-72(79)64-91-97(86,87)93-68-74(66-89-76(81)60-53-46-41-40-44-51-58-71(7)9-2)95-78(83)62-55-48-39-34-29-31-36-43-50-57-70(5)6/h69-74,79H,8-68H2,1-7H3,(H,84,85)(H,86,87)/t71?,72-,73-,74-/m1/s1. The van der Waals surface area contributed by atoms with Crippen LogP contribution in [0.15, 0.2) is 0 Å². The Balaban J connectivity index is 5.23. The fraction of sp³-hybridized carbons (Fsp3) is 0.949. The predicted octanol–water partition coefficient (Wildman–Crippen LogP) is 23.0. The summed E-state index contributed by atoms with van der Waals surface area (Å²) in [6.45, 7) is 11.9. The average molecular weight is 1420 g/mol. The lowest BCUT2D eigenvalue weighted by atomic mass is 10.00. The Labute approximate surface area is 594 Å². The predicted molar refractivity (Wildman–Crippen MR) is 395 cm³/mol. The first kappa shape index (κ1) is 95.1. The Hall–Kier alpha value is -1.94. The summed E-state index contributed by atoms with van der Waals surface area (Å²) in [5.74, 6) is 0.131. The lowest BCUT2D eigenvalue weighted by molar-refractivity contribution is -0.161. The molecule has 0 aromatic heterocycles. The molecule has 0 bridgehead atoms. The summed E-state index contributed by atoms with van der Waals surface area (Å²) in [4.78, 5) is 72.9. The van der Waals surface area contributed by atoms with E-state index in [0.29, 0.717) is 25.7 Å². The van der Waals surface area contributed by atoms with E-state index in [9.17, 15) is 43.2 Å². The highest BCUT2D eigenvalue weighted by atomic mass is 31.2. The third-order valence-electron chi connectivity index (χ3n) is 18.5. The molecule has 576 valence electrons. The number of phosphoric ester groups is 2. The van der Waals surface area contributed by atoms with Crippen LogP contribution in [-0.4, -0.2) is 96.7 Å². The van der Waals surface area contributed by atoms with Crippen LogP contribution >= 0.6 is 15.6 Å². The Morgan fingerprint density at radius 3 is 0.784 bits per heavy atom. The van der Waals surface area contributed by atoms with Crippen molar-refractivity contribution in [1.29, 1.82) is 0 Å². The molecule has 3 unspecified atom stereocenters. The van der Waals surface area contributed by atoms with E-state index in [1.165, 1.54) is 205 Å². The van der Waals surface area contributed by atoms with Gasteiger partial charge in [0.2, 0.25) is 0 Å². The molecule has 0 saturated carbocycles. The van der Waals surface area contributed by atoms with E-state index < -0.39 is 97.5 Å². The maximum atomic E-state index is 13.1. The second kappa shape index (κ2) is 68.5. The highest BCUT2D eigenvalue weighted by Crippen LogP contribution is 2.45. The van der Waals surface area contributed by atoms with Gasteiger partial charge in [-0.2, -0.15) is 0 Å². The number of esters is 4. The van der Waals surface area contributed by atoms with Crippen molar-refractivity contribution in [2.24, 2.45) is 17.8 Å². The Kier molecular flexibility index (Phi) is 67.1. The lowest BCUT2D eigenvalue weighted by Gasteiger charge is -2.21. The molecule has 0 aliphatic rings. The van der Waals surface area contributed by atoms with E-state index in [-0.39, 0.29) is 25.7 Å². The summed E-state index contributed by atoms with van der Waals surface area (Å²) in [5.41, 5.74) is 0. The van der Waals surface area contributed by atoms with E-state index in [1.54, 1.807) is 0 Å². The zero-order chi connectivity index (χ0) is 71.6. The van der Waals surface area contributed by atoms with E-state index in [1.807, 2.05) is 0 Å². The summed E-state index contributed by atoms with van der Waals surface area (Å²) >= 11 is 0. The molecule has 17 nitrogen and oxygen atoms in total. The van der Waals surface area contributed by atoms with E-state index in [2.05, 4.69) is 48.5 Å². The van der Waals surface area contributed by atoms with Gasteiger partial charge in [-0.1, -0.05) is 350 Å². The fourth-order valence-electron chi connectivity index (χ4n) is 11.9. The van der Waals surface area contributed by atoms with Crippen LogP contribution < -0.4 is 0 Å². The molecule has 0 aromatic rings. The second-order valence-electron chi connectivity index (χ2n) is 29.3. The number of aliphatic hydroxyl groups is 1. The first-order valence-corrected chi connectivity index (χ1v) is 43.4. The largest absolute Gasteiger partial charge is 0.472 e. The van der Waals surface area contributed by atoms with Gasteiger partial charge in [-0.3, -0.25) is 37.3 Å². The fourth-order valence-corrected chi connectivity index (χ4v) is 13.5. The van der Waals surface area contributed by atoms with Crippen molar-refractivity contribution < 1.29 is 80.2 Å². The number of carbonyl (C=O) groups is 4. The van der Waals surface area contributed by atoms with Crippen LogP contribution in [0, 0.1) is 17.8 Å². The molecule has 6 atom stereocenters. The number of hydrogen-bond acceptors (Lipinski definition) is 15. The van der Waals surface area contributed by atoms with Gasteiger partial charge in [0.15, 0.2) is 12.2 Å². The topological polar surface area (TPSA) is 237 Å². The molecule has 0 amide bonds. The molecule has 0 rings (SSSR count). The van der Waals surface area contributed by atoms with Gasteiger partial charge in [0, 0.05) is 25.7 Å². The maximum absolute atomic E-state index is 13.1. The Morgan fingerprint density at radius 1 is 0.299 bits per heavy atom. The van der Waals surface area contributed by atoms with Crippen molar-refractivity contribution in [3.8, 4) is 0 Å². The smallest absolute Gasteiger partial charge is 0.462 e. The van der Waals surface area contributed by atoms with E-state index >= 15 is 0 Å². The third kappa shape index (κ3) is 70.9. The van der Waals surface area contributed by atoms with Crippen molar-refractivity contribution in [1.82, 2.24) is 0 Å². The molecule has 0 radical (unpaired) electrons. The maximum Gasteiger partial charge on any atom is 0.472 e. The summed E-state index contributed by atoms with van der Waals surface area (Å²) in [7, 11) is -9.92. The molecule has 0 aliphatic carbocycles. The summed E-state index contributed by atoms with van der Waals surface area (Å²) in [6.07, 6.45) is 55.6. The number of unbranched alkanes of at least 4 members (excludes halogenated alkanes) is 43. The van der Waals surface area contributed by atoms with Gasteiger partial charge in [0.1, 0.15) is 19.3 Å². The number of rotatable bonds is 76. The van der Waals surface area contributed by atoms with Crippen LogP contribution in [0.5, 0.6) is 0 Å². The quantitative estimate of drug-likeness (QED) is 0.0222. The highest BCUT2D eigenvalue weighted by molar-refractivity contribution is 7.47. The summed E-state index contributed by atoms with van der Waals surface area (Å²) in [6, 6.07) is 0. The zero-order valence-corrected chi connectivity index (χ0v) is 65.3.